The maximum absolute atomic E-state index is 14.5. The van der Waals surface area contributed by atoms with Crippen LogP contribution in [0.15, 0.2) is 0 Å². The number of ether oxygens (including phenoxy) is 15. The Labute approximate surface area is 730 Å². The third-order valence-corrected chi connectivity index (χ3v) is 22.8. The molecule has 36 N–H and O–H groups in total. The number of carbonyl (C=O) groups is 9. The Bertz CT molecular complexity index is 3760. The van der Waals surface area contributed by atoms with E-state index in [0.717, 1.165) is 20.8 Å². The zero-order valence-electron chi connectivity index (χ0n) is 68.7. The summed E-state index contributed by atoms with van der Waals surface area (Å²) in [6.45, 7) is -12.1. The van der Waals surface area contributed by atoms with E-state index in [0.29, 0.717) is 0 Å². The molecule has 8 rings (SSSR count). The first kappa shape index (κ1) is 109. The molecule has 0 spiro atoms. The first-order valence-corrected chi connectivity index (χ1v) is 40.0. The Kier molecular flexibility index (Phi) is 38.5. The van der Waals surface area contributed by atoms with Crippen molar-refractivity contribution in [2.75, 3.05) is 66.1 Å². The molecule has 0 aromatic heterocycles. The van der Waals surface area contributed by atoms with Crippen molar-refractivity contribution >= 4 is 53.4 Å². The van der Waals surface area contributed by atoms with Crippen LogP contribution in [0.2, 0.25) is 0 Å². The fourth-order valence-electron chi connectivity index (χ4n) is 16.3. The van der Waals surface area contributed by atoms with Gasteiger partial charge in [-0.3, -0.25) is 24.0 Å². The SMILES string of the molecule is CC(=O)N[C@H]1[C@H](O[C@@H]2[C@H](O[C@]3(C(=O)O)C[C@H](O)[C@@H](NC(C)=O)[C@H]([C@H](O)[C@@H](CO)O[C@]4(C(=O)O)C[C@H](O)[C@@H](NC(=O)CO)[C@H]([C@H](O)[C@@H](CO)O[C@]5(C(=O)O)C[C@H](O)[C@@H](NC(C)=O)[C@H]([C@H](O)[C@H](O)CO)O5)O4)O3)[C@@H](O)[C@H](O[C@H]3[C@H](O)[C@@H](O)[C@H](O)O[C@@H]3CO)O[C@@H]2CO)O[C@H](CO)[C@H](O)[C@@H]1O[C@@H]1O[C@H](CO)[C@H](O)[C@H](O[C@]2(C(=O)O)C[C@H](O)[C@@H](NC(=O)CO)[C@H]([C@H](O)[C@H](O)CO)O2)[C@H]1O. The lowest BCUT2D eigenvalue weighted by Gasteiger charge is -2.53. The number of aliphatic hydroxyl groups is 27. The van der Waals surface area contributed by atoms with E-state index in [1.165, 1.54) is 0 Å². The molecule has 0 aromatic carbocycles. The van der Waals surface area contributed by atoms with Gasteiger partial charge in [-0.05, 0) is 0 Å². The molecule has 0 aromatic rings. The van der Waals surface area contributed by atoms with Gasteiger partial charge >= 0.3 is 23.9 Å². The number of carboxylic acid groups (broad SMARTS) is 4. The van der Waals surface area contributed by atoms with Crippen molar-refractivity contribution in [1.29, 1.82) is 0 Å². The van der Waals surface area contributed by atoms with Crippen LogP contribution in [0, 0.1) is 0 Å². The molecular formula is C70H113N5O55. The Morgan fingerprint density at radius 2 is 0.638 bits per heavy atom. The van der Waals surface area contributed by atoms with Crippen LogP contribution in [0.25, 0.3) is 0 Å². The molecule has 8 fully saturated rings. The third-order valence-electron chi connectivity index (χ3n) is 22.8. The number of amides is 5. The van der Waals surface area contributed by atoms with Gasteiger partial charge in [0.25, 0.3) is 23.1 Å². The second-order valence-corrected chi connectivity index (χ2v) is 31.8. The van der Waals surface area contributed by atoms with Crippen LogP contribution in [-0.2, 0) is 114 Å². The maximum atomic E-state index is 14.5. The zero-order chi connectivity index (χ0) is 97.3. The van der Waals surface area contributed by atoms with Crippen LogP contribution in [0.4, 0.5) is 0 Å². The zero-order valence-corrected chi connectivity index (χ0v) is 68.7. The fraction of sp³-hybridized carbons (Fsp3) is 0.871. The van der Waals surface area contributed by atoms with Gasteiger partial charge in [-0.2, -0.15) is 0 Å². The summed E-state index contributed by atoms with van der Waals surface area (Å²) in [4.78, 5) is 119. The Morgan fingerprint density at radius 3 is 1.00 bits per heavy atom. The maximum Gasteiger partial charge on any atom is 0.364 e. The van der Waals surface area contributed by atoms with Crippen molar-refractivity contribution in [1.82, 2.24) is 26.6 Å². The third kappa shape index (κ3) is 23.6. The Morgan fingerprint density at radius 1 is 0.331 bits per heavy atom. The lowest BCUT2D eigenvalue weighted by Crippen LogP contribution is -2.73. The second-order valence-electron chi connectivity index (χ2n) is 31.8. The molecule has 8 heterocycles. The number of aliphatic hydroxyl groups excluding tert-OH is 27. The topological polar surface area (TPSA) is 979 Å². The Hall–Kier alpha value is -6.45. The highest BCUT2D eigenvalue weighted by Gasteiger charge is 2.67. The van der Waals surface area contributed by atoms with Gasteiger partial charge in [0.15, 0.2) is 25.2 Å². The van der Waals surface area contributed by atoms with Gasteiger partial charge in [-0.15, -0.1) is 0 Å². The van der Waals surface area contributed by atoms with Crippen LogP contribution >= 0.6 is 0 Å². The molecule has 5 amide bonds. The molecule has 748 valence electrons. The molecule has 8 saturated heterocycles. The van der Waals surface area contributed by atoms with Gasteiger partial charge in [-0.1, -0.05) is 0 Å². The summed E-state index contributed by atoms with van der Waals surface area (Å²) in [5.74, 6) is -30.5. The van der Waals surface area contributed by atoms with Gasteiger partial charge < -0.3 is 256 Å². The van der Waals surface area contributed by atoms with Crippen LogP contribution in [0.3, 0.4) is 0 Å². The van der Waals surface area contributed by atoms with E-state index in [2.05, 4.69) is 16.0 Å². The van der Waals surface area contributed by atoms with Crippen molar-refractivity contribution in [2.24, 2.45) is 0 Å². The molecule has 8 aliphatic rings. The van der Waals surface area contributed by atoms with E-state index in [4.69, 9.17) is 71.1 Å². The lowest BCUT2D eigenvalue weighted by atomic mass is 9.86. The van der Waals surface area contributed by atoms with E-state index >= 15 is 0 Å². The van der Waals surface area contributed by atoms with Gasteiger partial charge in [0.05, 0.1) is 101 Å². The molecule has 60 nitrogen and oxygen atoms in total. The molecule has 44 atom stereocenters. The largest absolute Gasteiger partial charge is 0.477 e. The highest BCUT2D eigenvalue weighted by molar-refractivity contribution is 5.80. The number of carboxylic acids is 4. The average molecular weight is 1900 g/mol. The van der Waals surface area contributed by atoms with Crippen molar-refractivity contribution in [2.45, 2.75) is 314 Å². The molecule has 0 aliphatic carbocycles. The average Bonchev–Trinajstić information content (AvgIpc) is 0.740. The van der Waals surface area contributed by atoms with Crippen LogP contribution in [-0.4, -0.2) is 546 Å². The van der Waals surface area contributed by atoms with Gasteiger partial charge in [0, 0.05) is 46.5 Å². The van der Waals surface area contributed by atoms with E-state index < -0.39 is 413 Å². The summed E-state index contributed by atoms with van der Waals surface area (Å²) in [6, 6.07) is -10.8. The summed E-state index contributed by atoms with van der Waals surface area (Å²) < 4.78 is 87.2. The summed E-state index contributed by atoms with van der Waals surface area (Å²) in [5, 5.41) is 355. The van der Waals surface area contributed by atoms with Crippen LogP contribution in [0.5, 0.6) is 0 Å². The number of hydrogen-bond donors (Lipinski definition) is 36. The lowest BCUT2D eigenvalue weighted by molar-refractivity contribution is -0.405. The van der Waals surface area contributed by atoms with Gasteiger partial charge in [0.2, 0.25) is 29.5 Å². The summed E-state index contributed by atoms with van der Waals surface area (Å²) in [5.41, 5.74) is 0. The van der Waals surface area contributed by atoms with E-state index in [1.807, 2.05) is 10.6 Å². The van der Waals surface area contributed by atoms with E-state index in [1.54, 1.807) is 0 Å². The minimum Gasteiger partial charge on any atom is -0.477 e. The van der Waals surface area contributed by atoms with Crippen molar-refractivity contribution < 1.29 is 273 Å². The van der Waals surface area contributed by atoms with Crippen LogP contribution in [0.1, 0.15) is 46.5 Å². The first-order chi connectivity index (χ1) is 61.0. The Balaban J connectivity index is 1.20. The summed E-state index contributed by atoms with van der Waals surface area (Å²) in [7, 11) is 0. The first-order valence-electron chi connectivity index (χ1n) is 40.0. The minimum absolute atomic E-state index is 0.737. The van der Waals surface area contributed by atoms with Crippen molar-refractivity contribution in [3.8, 4) is 0 Å². The fourth-order valence-corrected chi connectivity index (χ4v) is 16.3. The van der Waals surface area contributed by atoms with Gasteiger partial charge in [-0.25, -0.2) is 19.2 Å². The molecule has 0 unspecified atom stereocenters. The predicted octanol–water partition coefficient (Wildman–Crippen LogP) is -23.0. The number of nitrogens with one attached hydrogen (secondary N) is 5. The molecule has 130 heavy (non-hydrogen) atoms. The van der Waals surface area contributed by atoms with Gasteiger partial charge in [0.1, 0.15) is 184 Å². The molecule has 0 bridgehead atoms. The quantitative estimate of drug-likeness (QED) is 0.0270. The normalized spacial score (nSPS) is 42.0. The van der Waals surface area contributed by atoms with Crippen molar-refractivity contribution in [3.05, 3.63) is 0 Å². The molecular weight excluding hydrogens is 1790 g/mol. The number of hydrogen-bond acceptors (Lipinski definition) is 51. The molecule has 60 heteroatoms. The number of rotatable bonds is 41. The van der Waals surface area contributed by atoms with E-state index in [-0.39, 0.29) is 0 Å². The standard InChI is InChI=1S/C70H113N5O55/c1-18(86)71-35-21(89)4-67(63(108)109,125-53(35)40(97)25(93)8-76)123-30(13-81)45(102)56-38(75-34(96)17-85)23(91)5-68(127-56,64(110)111)124-29(12-80)44(101)55-36(72-19(2)87)22(90)6-70(128-55,66(114)115)130-58-49(106)62(120-50-31(14-82)116-59(107)47(104)46(50)103)119-32(15-83)51(58)121-60-39(73-20(3)88)52(42(99)27(10-78)117-60)122-61-48(105)57(43(100)28(11-79)118-61)129-69(65(112)113)7-24(92)37(74-33(95)16-84)54(126-69)41(98)26(94)9-77/h21-32,35-62,76-85,89-94,97-107H,4-17H2,1-3H3,(H,71,86)(H,72,87)(H,73,88)(H,74,95)(H,75,96)(H,108,109)(H,110,111)(H,112,113)(H,114,115)/t21-,22-,23-,24-,25+,26+,27+,28+,29+,30+,31+,32+,35+,36+,37+,38+,39+,40+,41+,42-,43-,44+,45+,46+,47+,48+,49+,50+,51-,52+,53+,54+,55+,56+,57-,58+,59+,60-,61-,62-,67+,68+,69-,70-/m0/s1. The summed E-state index contributed by atoms with van der Waals surface area (Å²) in [6.07, 6.45) is -94.0. The number of aliphatic carboxylic acids is 4. The smallest absolute Gasteiger partial charge is 0.364 e. The predicted molar refractivity (Wildman–Crippen MR) is 394 cm³/mol. The summed E-state index contributed by atoms with van der Waals surface area (Å²) >= 11 is 0. The molecule has 8 aliphatic heterocycles. The molecule has 0 radical (unpaired) electrons. The highest BCUT2D eigenvalue weighted by atomic mass is 16.8. The highest BCUT2D eigenvalue weighted by Crippen LogP contribution is 2.46. The number of carbonyl (C=O) groups excluding carboxylic acids is 5. The second kappa shape index (κ2) is 45.9. The van der Waals surface area contributed by atoms with E-state index in [9.17, 15) is 201 Å². The monoisotopic (exact) mass is 1900 g/mol. The molecule has 0 saturated carbocycles. The van der Waals surface area contributed by atoms with Crippen LogP contribution < -0.4 is 26.6 Å². The minimum atomic E-state index is -3.92. The van der Waals surface area contributed by atoms with Crippen molar-refractivity contribution in [3.63, 3.8) is 0 Å².